The van der Waals surface area contributed by atoms with Crippen LogP contribution in [0.1, 0.15) is 0 Å². The lowest BCUT2D eigenvalue weighted by Gasteiger charge is -2.18. The van der Waals surface area contributed by atoms with E-state index in [9.17, 15) is 4.79 Å². The largest absolute Gasteiger partial charge is 0.491 e. The zero-order chi connectivity index (χ0) is 16.2. The zero-order valence-corrected chi connectivity index (χ0v) is 13.1. The SMILES string of the molecule is C=CCN(CC=C)CC(=O)Nc1cccc(OCCOC)c1. The highest BCUT2D eigenvalue weighted by Crippen LogP contribution is 2.17. The molecule has 5 nitrogen and oxygen atoms in total. The molecule has 0 bridgehead atoms. The van der Waals surface area contributed by atoms with Gasteiger partial charge in [-0.15, -0.1) is 13.2 Å². The predicted octanol–water partition coefficient (Wildman–Crippen LogP) is 2.32. The zero-order valence-electron chi connectivity index (χ0n) is 13.1. The van der Waals surface area contributed by atoms with Crippen LogP contribution in [0.2, 0.25) is 0 Å². The van der Waals surface area contributed by atoms with E-state index in [2.05, 4.69) is 18.5 Å². The van der Waals surface area contributed by atoms with Crippen LogP contribution >= 0.6 is 0 Å². The van der Waals surface area contributed by atoms with E-state index in [0.717, 1.165) is 0 Å². The molecule has 0 aliphatic rings. The van der Waals surface area contributed by atoms with Crippen LogP contribution in [0.5, 0.6) is 5.75 Å². The molecule has 0 unspecified atom stereocenters. The molecule has 0 aliphatic carbocycles. The Bertz CT molecular complexity index is 479. The Balaban J connectivity index is 2.53. The Morgan fingerprint density at radius 1 is 1.27 bits per heavy atom. The second kappa shape index (κ2) is 10.6. The molecular formula is C17H24N2O3. The van der Waals surface area contributed by atoms with Gasteiger partial charge in [0, 0.05) is 32.0 Å². The number of amides is 1. The van der Waals surface area contributed by atoms with Crippen molar-refractivity contribution in [3.05, 3.63) is 49.6 Å². The lowest BCUT2D eigenvalue weighted by atomic mass is 10.3. The standard InChI is InChI=1S/C17H24N2O3/c1-4-9-19(10-5-2)14-17(20)18-15-7-6-8-16(13-15)22-12-11-21-3/h4-8,13H,1-2,9-12,14H2,3H3,(H,18,20). The number of nitrogens with zero attached hydrogens (tertiary/aromatic N) is 1. The Labute approximate surface area is 132 Å². The Kier molecular flexibility index (Phi) is 8.64. The first-order valence-electron chi connectivity index (χ1n) is 7.15. The van der Waals surface area contributed by atoms with E-state index in [4.69, 9.17) is 9.47 Å². The van der Waals surface area contributed by atoms with E-state index in [1.165, 1.54) is 0 Å². The Hall–Kier alpha value is -2.11. The topological polar surface area (TPSA) is 50.8 Å². The van der Waals surface area contributed by atoms with Crippen molar-refractivity contribution in [3.63, 3.8) is 0 Å². The molecule has 0 saturated carbocycles. The normalized spacial score (nSPS) is 10.3. The average Bonchev–Trinajstić information content (AvgIpc) is 2.48. The second-order valence-corrected chi connectivity index (χ2v) is 4.69. The number of ether oxygens (including phenoxy) is 2. The molecule has 0 spiro atoms. The second-order valence-electron chi connectivity index (χ2n) is 4.69. The van der Waals surface area contributed by atoms with Gasteiger partial charge in [0.25, 0.3) is 0 Å². The van der Waals surface area contributed by atoms with E-state index < -0.39 is 0 Å². The maximum Gasteiger partial charge on any atom is 0.238 e. The molecule has 5 heteroatoms. The molecule has 1 amide bonds. The fraction of sp³-hybridized carbons (Fsp3) is 0.353. The smallest absolute Gasteiger partial charge is 0.238 e. The van der Waals surface area contributed by atoms with Gasteiger partial charge >= 0.3 is 0 Å². The van der Waals surface area contributed by atoms with E-state index in [1.54, 1.807) is 25.3 Å². The number of hydrogen-bond donors (Lipinski definition) is 1. The van der Waals surface area contributed by atoms with Crippen LogP contribution in [-0.4, -0.2) is 50.8 Å². The molecule has 0 aliphatic heterocycles. The minimum absolute atomic E-state index is 0.0854. The van der Waals surface area contributed by atoms with Gasteiger partial charge < -0.3 is 14.8 Å². The van der Waals surface area contributed by atoms with Gasteiger partial charge in [-0.25, -0.2) is 0 Å². The van der Waals surface area contributed by atoms with E-state index in [1.807, 2.05) is 23.1 Å². The third-order valence-corrected chi connectivity index (χ3v) is 2.82. The maximum atomic E-state index is 12.1. The quantitative estimate of drug-likeness (QED) is 0.503. The average molecular weight is 304 g/mol. The number of rotatable bonds is 11. The minimum atomic E-state index is -0.0854. The summed E-state index contributed by atoms with van der Waals surface area (Å²) in [6.07, 6.45) is 3.53. The highest BCUT2D eigenvalue weighted by atomic mass is 16.5. The number of carbonyl (C=O) groups is 1. The van der Waals surface area contributed by atoms with Crippen LogP contribution in [-0.2, 0) is 9.53 Å². The number of methoxy groups -OCH3 is 1. The van der Waals surface area contributed by atoms with E-state index in [-0.39, 0.29) is 12.5 Å². The van der Waals surface area contributed by atoms with Crippen LogP contribution in [0.25, 0.3) is 0 Å². The van der Waals surface area contributed by atoms with E-state index in [0.29, 0.717) is 37.7 Å². The summed E-state index contributed by atoms with van der Waals surface area (Å²) in [4.78, 5) is 14.0. The molecule has 120 valence electrons. The van der Waals surface area contributed by atoms with Crippen molar-refractivity contribution < 1.29 is 14.3 Å². The molecule has 0 heterocycles. The van der Waals surface area contributed by atoms with Crippen LogP contribution in [0.4, 0.5) is 5.69 Å². The van der Waals surface area contributed by atoms with Gasteiger partial charge in [-0.1, -0.05) is 18.2 Å². The van der Waals surface area contributed by atoms with E-state index >= 15 is 0 Å². The highest BCUT2D eigenvalue weighted by molar-refractivity contribution is 5.92. The molecule has 1 aromatic carbocycles. The third kappa shape index (κ3) is 7.06. The lowest BCUT2D eigenvalue weighted by molar-refractivity contribution is -0.117. The van der Waals surface area contributed by atoms with Gasteiger partial charge in [0.1, 0.15) is 12.4 Å². The molecule has 1 N–H and O–H groups in total. The number of benzene rings is 1. The first-order valence-corrected chi connectivity index (χ1v) is 7.15. The molecule has 0 atom stereocenters. The van der Waals surface area contributed by atoms with Crippen LogP contribution in [0.15, 0.2) is 49.6 Å². The lowest BCUT2D eigenvalue weighted by Crippen LogP contribution is -2.33. The van der Waals surface area contributed by atoms with Gasteiger partial charge in [-0.05, 0) is 12.1 Å². The van der Waals surface area contributed by atoms with Gasteiger partial charge in [0.2, 0.25) is 5.91 Å². The van der Waals surface area contributed by atoms with Gasteiger partial charge in [0.15, 0.2) is 0 Å². The highest BCUT2D eigenvalue weighted by Gasteiger charge is 2.08. The summed E-state index contributed by atoms with van der Waals surface area (Å²) >= 11 is 0. The Morgan fingerprint density at radius 3 is 2.64 bits per heavy atom. The number of hydrogen-bond acceptors (Lipinski definition) is 4. The summed E-state index contributed by atoms with van der Waals surface area (Å²) < 4.78 is 10.4. The summed E-state index contributed by atoms with van der Waals surface area (Å²) in [5.74, 6) is 0.613. The monoisotopic (exact) mass is 304 g/mol. The molecule has 0 saturated heterocycles. The summed E-state index contributed by atoms with van der Waals surface area (Å²) in [7, 11) is 1.62. The fourth-order valence-corrected chi connectivity index (χ4v) is 1.88. The minimum Gasteiger partial charge on any atom is -0.491 e. The summed E-state index contributed by atoms with van der Waals surface area (Å²) in [6.45, 7) is 9.93. The maximum absolute atomic E-state index is 12.1. The van der Waals surface area contributed by atoms with Crippen molar-refractivity contribution in [2.24, 2.45) is 0 Å². The summed E-state index contributed by atoms with van der Waals surface area (Å²) in [5, 5.41) is 2.86. The number of carbonyl (C=O) groups excluding carboxylic acids is 1. The third-order valence-electron chi connectivity index (χ3n) is 2.82. The molecule has 0 fully saturated rings. The summed E-state index contributed by atoms with van der Waals surface area (Å²) in [6, 6.07) is 7.29. The molecule has 1 rings (SSSR count). The van der Waals surface area contributed by atoms with Crippen LogP contribution in [0, 0.1) is 0 Å². The van der Waals surface area contributed by atoms with Crippen LogP contribution in [0.3, 0.4) is 0 Å². The van der Waals surface area contributed by atoms with Gasteiger partial charge in [-0.3, -0.25) is 9.69 Å². The first-order chi connectivity index (χ1) is 10.7. The summed E-state index contributed by atoms with van der Waals surface area (Å²) in [5.41, 5.74) is 0.706. The Morgan fingerprint density at radius 2 is 2.00 bits per heavy atom. The van der Waals surface area contributed by atoms with Gasteiger partial charge in [-0.2, -0.15) is 0 Å². The fourth-order valence-electron chi connectivity index (χ4n) is 1.88. The molecule has 22 heavy (non-hydrogen) atoms. The van der Waals surface area contributed by atoms with Crippen molar-refractivity contribution in [2.75, 3.05) is 45.3 Å². The predicted molar refractivity (Wildman–Crippen MR) is 89.3 cm³/mol. The number of nitrogens with one attached hydrogen (secondary N) is 1. The molecular weight excluding hydrogens is 280 g/mol. The molecule has 0 radical (unpaired) electrons. The van der Waals surface area contributed by atoms with Crippen molar-refractivity contribution in [3.8, 4) is 5.75 Å². The van der Waals surface area contributed by atoms with Crippen molar-refractivity contribution >= 4 is 11.6 Å². The van der Waals surface area contributed by atoms with Gasteiger partial charge in [0.05, 0.1) is 13.2 Å². The first kappa shape index (κ1) is 17.9. The van der Waals surface area contributed by atoms with Crippen molar-refractivity contribution in [1.29, 1.82) is 0 Å². The molecule has 0 aromatic heterocycles. The number of anilines is 1. The molecule has 1 aromatic rings. The van der Waals surface area contributed by atoms with Crippen molar-refractivity contribution in [2.45, 2.75) is 0 Å². The van der Waals surface area contributed by atoms with Crippen molar-refractivity contribution in [1.82, 2.24) is 4.90 Å². The van der Waals surface area contributed by atoms with Crippen LogP contribution < -0.4 is 10.1 Å².